The van der Waals surface area contributed by atoms with Gasteiger partial charge in [0.15, 0.2) is 0 Å². The second-order valence-corrected chi connectivity index (χ2v) is 9.03. The van der Waals surface area contributed by atoms with E-state index < -0.39 is 11.7 Å². The van der Waals surface area contributed by atoms with Gasteiger partial charge < -0.3 is 10.6 Å². The van der Waals surface area contributed by atoms with Crippen molar-refractivity contribution in [3.8, 4) is 0 Å². The van der Waals surface area contributed by atoms with Crippen LogP contribution in [0.25, 0.3) is 0 Å². The molecule has 0 bridgehead atoms. The highest BCUT2D eigenvalue weighted by molar-refractivity contribution is 6.31. The molecule has 1 saturated heterocycles. The van der Waals surface area contributed by atoms with Crippen molar-refractivity contribution < 1.29 is 18.0 Å². The molecule has 184 valence electrons. The van der Waals surface area contributed by atoms with E-state index in [2.05, 4.69) is 20.5 Å². The zero-order valence-electron chi connectivity index (χ0n) is 18.9. The fourth-order valence-corrected chi connectivity index (χ4v) is 4.42. The molecule has 0 saturated carbocycles. The number of nitrogens with one attached hydrogen (secondary N) is 2. The van der Waals surface area contributed by atoms with Crippen LogP contribution in [-0.4, -0.2) is 34.4 Å². The summed E-state index contributed by atoms with van der Waals surface area (Å²) < 4.78 is 38.5. The Labute approximate surface area is 207 Å². The Morgan fingerprint density at radius 2 is 1.80 bits per heavy atom. The van der Waals surface area contributed by atoms with Crippen molar-refractivity contribution in [1.82, 2.24) is 20.5 Å². The van der Waals surface area contributed by atoms with Crippen molar-refractivity contribution in [1.29, 1.82) is 0 Å². The molecule has 1 amide bonds. The van der Waals surface area contributed by atoms with E-state index in [0.29, 0.717) is 37.6 Å². The molecule has 3 aromatic rings. The Bertz CT molecular complexity index is 1130. The van der Waals surface area contributed by atoms with Gasteiger partial charge in [-0.05, 0) is 47.4 Å². The van der Waals surface area contributed by atoms with E-state index in [1.54, 1.807) is 12.4 Å². The first-order valence-corrected chi connectivity index (χ1v) is 11.7. The number of aromatic nitrogens is 1. The van der Waals surface area contributed by atoms with Gasteiger partial charge in [0, 0.05) is 49.6 Å². The lowest BCUT2D eigenvalue weighted by Crippen LogP contribution is -2.42. The number of benzene rings is 2. The van der Waals surface area contributed by atoms with Crippen LogP contribution in [0.5, 0.6) is 0 Å². The number of pyridine rings is 1. The highest BCUT2D eigenvalue weighted by Gasteiger charge is 2.36. The molecule has 1 aliphatic rings. The van der Waals surface area contributed by atoms with Crippen LogP contribution in [0.4, 0.5) is 13.2 Å². The third-order valence-corrected chi connectivity index (χ3v) is 6.47. The molecule has 1 fully saturated rings. The number of halogens is 4. The molecule has 9 heteroatoms. The minimum absolute atomic E-state index is 0.00563. The van der Waals surface area contributed by atoms with Gasteiger partial charge in [-0.1, -0.05) is 48.0 Å². The molecule has 35 heavy (non-hydrogen) atoms. The molecule has 1 aliphatic heterocycles. The summed E-state index contributed by atoms with van der Waals surface area (Å²) in [6, 6.07) is 16.0. The van der Waals surface area contributed by atoms with Gasteiger partial charge in [-0.3, -0.25) is 14.7 Å². The number of alkyl halides is 3. The summed E-state index contributed by atoms with van der Waals surface area (Å²) >= 11 is 6.36. The number of nitrogens with zero attached hydrogens (tertiary/aromatic N) is 2. The predicted molar refractivity (Wildman–Crippen MR) is 128 cm³/mol. The minimum Gasteiger partial charge on any atom is -0.351 e. The first kappa shape index (κ1) is 25.2. The van der Waals surface area contributed by atoms with Crippen molar-refractivity contribution in [3.63, 3.8) is 0 Å². The normalized spacial score (nSPS) is 18.5. The number of carbonyl (C=O) groups excluding carboxylic acids is 1. The fourth-order valence-electron chi connectivity index (χ4n) is 4.23. The summed E-state index contributed by atoms with van der Waals surface area (Å²) in [7, 11) is 0. The van der Waals surface area contributed by atoms with E-state index >= 15 is 0 Å². The average molecular weight is 503 g/mol. The Hall–Kier alpha value is -2.94. The molecule has 0 radical (unpaired) electrons. The molecule has 2 heterocycles. The molecule has 2 aromatic carbocycles. The number of likely N-dealkylation sites (tertiary alicyclic amines) is 1. The van der Waals surface area contributed by atoms with E-state index in [4.69, 9.17) is 11.6 Å². The Balaban J connectivity index is 1.41. The second-order valence-electron chi connectivity index (χ2n) is 8.62. The van der Waals surface area contributed by atoms with Crippen LogP contribution in [0, 0.1) is 0 Å². The molecule has 5 nitrogen and oxygen atoms in total. The largest absolute Gasteiger partial charge is 0.416 e. The van der Waals surface area contributed by atoms with Gasteiger partial charge in [0.05, 0.1) is 11.6 Å². The molecule has 0 spiro atoms. The molecular formula is C26H26ClF3N4O. The quantitative estimate of drug-likeness (QED) is 0.464. The summed E-state index contributed by atoms with van der Waals surface area (Å²) in [4.78, 5) is 19.3. The fraction of sp³-hybridized carbons (Fsp3) is 0.308. The van der Waals surface area contributed by atoms with E-state index in [-0.39, 0.29) is 18.0 Å². The maximum Gasteiger partial charge on any atom is 0.416 e. The third-order valence-electron chi connectivity index (χ3n) is 6.10. The molecule has 0 unspecified atom stereocenters. The van der Waals surface area contributed by atoms with Crippen molar-refractivity contribution in [3.05, 3.63) is 100 Å². The van der Waals surface area contributed by atoms with Gasteiger partial charge in [0.2, 0.25) is 5.91 Å². The highest BCUT2D eigenvalue weighted by Crippen LogP contribution is 2.29. The SMILES string of the molecule is O=C(NCc1cccnc1)[C@@H]1C[C@H](NCc2ccc(C(F)(F)F)cc2)CN1Cc1ccccc1Cl. The standard InChI is InChI=1S/C26H26ClF3N4O/c27-23-6-2-1-5-20(23)16-34-17-22(32-14-18-7-9-21(10-8-18)26(28,29)30)12-24(34)25(35)33-15-19-4-3-11-31-13-19/h1-11,13,22,24,32H,12,14-17H2,(H,33,35)/t22-,24-/m0/s1. The van der Waals surface area contributed by atoms with E-state index in [9.17, 15) is 18.0 Å². The second kappa shape index (κ2) is 11.2. The van der Waals surface area contributed by atoms with Crippen LogP contribution in [0.15, 0.2) is 73.1 Å². The topological polar surface area (TPSA) is 57.3 Å². The summed E-state index contributed by atoms with van der Waals surface area (Å²) in [6.07, 6.45) is -0.387. The van der Waals surface area contributed by atoms with Crippen molar-refractivity contribution >= 4 is 17.5 Å². The summed E-state index contributed by atoms with van der Waals surface area (Å²) in [6.45, 7) is 1.92. The van der Waals surface area contributed by atoms with Crippen LogP contribution in [-0.2, 0) is 30.6 Å². The van der Waals surface area contributed by atoms with Crippen LogP contribution in [0.2, 0.25) is 5.02 Å². The van der Waals surface area contributed by atoms with Crippen LogP contribution >= 0.6 is 11.6 Å². The average Bonchev–Trinajstić information content (AvgIpc) is 3.26. The lowest BCUT2D eigenvalue weighted by atomic mass is 10.1. The number of carbonyl (C=O) groups is 1. The number of rotatable bonds is 8. The number of hydrogen-bond donors (Lipinski definition) is 2. The van der Waals surface area contributed by atoms with Crippen molar-refractivity contribution in [2.24, 2.45) is 0 Å². The number of amides is 1. The Morgan fingerprint density at radius 1 is 1.03 bits per heavy atom. The smallest absolute Gasteiger partial charge is 0.351 e. The molecule has 1 aromatic heterocycles. The molecule has 4 rings (SSSR count). The molecule has 2 atom stereocenters. The lowest BCUT2D eigenvalue weighted by Gasteiger charge is -2.24. The zero-order valence-corrected chi connectivity index (χ0v) is 19.7. The highest BCUT2D eigenvalue weighted by atomic mass is 35.5. The van der Waals surface area contributed by atoms with Gasteiger partial charge in [-0.2, -0.15) is 13.2 Å². The number of hydrogen-bond acceptors (Lipinski definition) is 4. The summed E-state index contributed by atoms with van der Waals surface area (Å²) in [5.41, 5.74) is 1.93. The maximum atomic E-state index is 13.1. The molecular weight excluding hydrogens is 477 g/mol. The first-order valence-electron chi connectivity index (χ1n) is 11.3. The van der Waals surface area contributed by atoms with Crippen LogP contribution in [0.1, 0.15) is 28.7 Å². The van der Waals surface area contributed by atoms with E-state index in [1.165, 1.54) is 12.1 Å². The van der Waals surface area contributed by atoms with Gasteiger partial charge in [-0.25, -0.2) is 0 Å². The summed E-state index contributed by atoms with van der Waals surface area (Å²) in [5.74, 6) is -0.0836. The van der Waals surface area contributed by atoms with E-state index in [1.807, 2.05) is 36.4 Å². The lowest BCUT2D eigenvalue weighted by molar-refractivity contribution is -0.137. The van der Waals surface area contributed by atoms with Gasteiger partial charge >= 0.3 is 6.18 Å². The Kier molecular flexibility index (Phi) is 8.05. The third kappa shape index (κ3) is 6.81. The van der Waals surface area contributed by atoms with Gasteiger partial charge in [0.1, 0.15) is 0 Å². The predicted octanol–water partition coefficient (Wildman–Crippen LogP) is 4.80. The van der Waals surface area contributed by atoms with Crippen molar-refractivity contribution in [2.75, 3.05) is 6.54 Å². The maximum absolute atomic E-state index is 13.1. The van der Waals surface area contributed by atoms with Gasteiger partial charge in [-0.15, -0.1) is 0 Å². The zero-order chi connectivity index (χ0) is 24.8. The van der Waals surface area contributed by atoms with Crippen molar-refractivity contribution in [2.45, 2.75) is 44.3 Å². The summed E-state index contributed by atoms with van der Waals surface area (Å²) in [5, 5.41) is 7.04. The monoisotopic (exact) mass is 502 g/mol. The minimum atomic E-state index is -4.35. The van der Waals surface area contributed by atoms with Gasteiger partial charge in [0.25, 0.3) is 0 Å². The molecule has 2 N–H and O–H groups in total. The molecule has 0 aliphatic carbocycles. The van der Waals surface area contributed by atoms with Crippen LogP contribution < -0.4 is 10.6 Å². The van der Waals surface area contributed by atoms with Crippen LogP contribution in [0.3, 0.4) is 0 Å². The van der Waals surface area contributed by atoms with E-state index in [0.717, 1.165) is 28.8 Å². The first-order chi connectivity index (χ1) is 16.8. The Morgan fingerprint density at radius 3 is 2.49 bits per heavy atom.